The average Bonchev–Trinajstić information content (AvgIpc) is 3.20. The Morgan fingerprint density at radius 1 is 1.04 bits per heavy atom. The summed E-state index contributed by atoms with van der Waals surface area (Å²) in [6.07, 6.45) is 0. The van der Waals surface area contributed by atoms with Crippen LogP contribution < -0.4 is 31.0 Å². The summed E-state index contributed by atoms with van der Waals surface area (Å²) in [6.45, 7) is 0.825. The van der Waals surface area contributed by atoms with Crippen LogP contribution in [0.15, 0.2) is 48.5 Å². The summed E-state index contributed by atoms with van der Waals surface area (Å²) in [5, 5.41) is 5.78. The summed E-state index contributed by atoms with van der Waals surface area (Å²) in [4.78, 5) is 25.4. The molecule has 1 saturated heterocycles. The van der Waals surface area contributed by atoms with Crippen molar-refractivity contribution < 1.29 is 19.1 Å². The molecule has 1 aliphatic rings. The summed E-state index contributed by atoms with van der Waals surface area (Å²) in [6, 6.07) is 13.7. The fourth-order valence-corrected chi connectivity index (χ4v) is 3.09. The number of amides is 2. The summed E-state index contributed by atoms with van der Waals surface area (Å²) in [5.74, 6) is 0.235. The van der Waals surface area contributed by atoms with Crippen molar-refractivity contribution in [1.29, 1.82) is 0 Å². The molecule has 148 valence electrons. The lowest BCUT2D eigenvalue weighted by Crippen LogP contribution is -2.52. The van der Waals surface area contributed by atoms with E-state index in [2.05, 4.69) is 21.5 Å². The van der Waals surface area contributed by atoms with E-state index in [1.807, 2.05) is 30.3 Å². The number of carbonyl (C=O) groups is 2. The zero-order chi connectivity index (χ0) is 19.9. The van der Waals surface area contributed by atoms with E-state index in [1.54, 1.807) is 18.2 Å². The largest absolute Gasteiger partial charge is 0.496 e. The van der Waals surface area contributed by atoms with Gasteiger partial charge in [-0.05, 0) is 17.7 Å². The third-order valence-corrected chi connectivity index (χ3v) is 4.55. The minimum Gasteiger partial charge on any atom is -0.496 e. The summed E-state index contributed by atoms with van der Waals surface area (Å²) < 4.78 is 10.6. The standard InChI is InChI=1S/C20H24N4O4/c1-27-15-9-6-10-16(28-2)17(15)19(25)23-14-12-22-24-18(14)20(26)21-11-13-7-4-3-5-8-13/h3-10,14,18,22,24H,11-12H2,1-2H3,(H,21,26)(H,23,25). The zero-order valence-corrected chi connectivity index (χ0v) is 15.8. The molecule has 8 heteroatoms. The molecule has 2 aromatic carbocycles. The van der Waals surface area contributed by atoms with Gasteiger partial charge < -0.3 is 20.1 Å². The van der Waals surface area contributed by atoms with Crippen molar-refractivity contribution in [2.45, 2.75) is 18.6 Å². The molecule has 28 heavy (non-hydrogen) atoms. The topological polar surface area (TPSA) is 101 Å². The molecule has 3 rings (SSSR count). The number of ether oxygens (including phenoxy) is 2. The SMILES string of the molecule is COc1cccc(OC)c1C(=O)NC1CNNC1C(=O)NCc1ccccc1. The molecule has 1 heterocycles. The van der Waals surface area contributed by atoms with Gasteiger partial charge in [-0.3, -0.25) is 15.0 Å². The fraction of sp³-hybridized carbons (Fsp3) is 0.300. The zero-order valence-electron chi connectivity index (χ0n) is 15.8. The molecule has 8 nitrogen and oxygen atoms in total. The van der Waals surface area contributed by atoms with E-state index in [1.165, 1.54) is 14.2 Å². The predicted octanol–water partition coefficient (Wildman–Crippen LogP) is 0.595. The molecule has 2 unspecified atom stereocenters. The van der Waals surface area contributed by atoms with Crippen LogP contribution in [0.3, 0.4) is 0 Å². The van der Waals surface area contributed by atoms with Gasteiger partial charge in [-0.15, -0.1) is 0 Å². The Hall–Kier alpha value is -3.10. The number of rotatable bonds is 7. The Balaban J connectivity index is 1.66. The Kier molecular flexibility index (Phi) is 6.46. The van der Waals surface area contributed by atoms with Crippen LogP contribution in [-0.2, 0) is 11.3 Å². The molecule has 0 radical (unpaired) electrons. The van der Waals surface area contributed by atoms with Crippen LogP contribution in [0.25, 0.3) is 0 Å². The summed E-state index contributed by atoms with van der Waals surface area (Å²) >= 11 is 0. The van der Waals surface area contributed by atoms with E-state index >= 15 is 0 Å². The van der Waals surface area contributed by atoms with Crippen LogP contribution in [0.4, 0.5) is 0 Å². The second-order valence-corrected chi connectivity index (χ2v) is 6.32. The molecule has 2 atom stereocenters. The lowest BCUT2D eigenvalue weighted by atomic mass is 10.1. The van der Waals surface area contributed by atoms with Crippen molar-refractivity contribution >= 4 is 11.8 Å². The van der Waals surface area contributed by atoms with Crippen LogP contribution in [0.1, 0.15) is 15.9 Å². The molecular weight excluding hydrogens is 360 g/mol. The highest BCUT2D eigenvalue weighted by Crippen LogP contribution is 2.28. The van der Waals surface area contributed by atoms with Gasteiger partial charge in [0.2, 0.25) is 5.91 Å². The highest BCUT2D eigenvalue weighted by molar-refractivity contribution is 6.00. The van der Waals surface area contributed by atoms with Crippen molar-refractivity contribution in [3.63, 3.8) is 0 Å². The van der Waals surface area contributed by atoms with E-state index < -0.39 is 12.1 Å². The quantitative estimate of drug-likeness (QED) is 0.558. The lowest BCUT2D eigenvalue weighted by Gasteiger charge is -2.20. The molecular formula is C20H24N4O4. The molecule has 1 fully saturated rings. The first-order valence-corrected chi connectivity index (χ1v) is 8.96. The lowest BCUT2D eigenvalue weighted by molar-refractivity contribution is -0.123. The van der Waals surface area contributed by atoms with Crippen molar-refractivity contribution in [2.75, 3.05) is 20.8 Å². The van der Waals surface area contributed by atoms with E-state index in [0.717, 1.165) is 5.56 Å². The van der Waals surface area contributed by atoms with Gasteiger partial charge in [-0.1, -0.05) is 36.4 Å². The molecule has 0 bridgehead atoms. The second-order valence-electron chi connectivity index (χ2n) is 6.32. The van der Waals surface area contributed by atoms with Gasteiger partial charge in [0.05, 0.1) is 20.3 Å². The first kappa shape index (κ1) is 19.7. The number of hydrazine groups is 1. The van der Waals surface area contributed by atoms with Gasteiger partial charge in [0.15, 0.2) is 0 Å². The minimum absolute atomic E-state index is 0.203. The van der Waals surface area contributed by atoms with E-state index in [4.69, 9.17) is 9.47 Å². The van der Waals surface area contributed by atoms with Crippen LogP contribution in [0, 0.1) is 0 Å². The van der Waals surface area contributed by atoms with Gasteiger partial charge in [-0.2, -0.15) is 0 Å². The first-order valence-electron chi connectivity index (χ1n) is 8.96. The Bertz CT molecular complexity index is 806. The van der Waals surface area contributed by atoms with Gasteiger partial charge in [-0.25, -0.2) is 5.43 Å². The normalized spacial score (nSPS) is 18.4. The number of benzene rings is 2. The first-order chi connectivity index (χ1) is 13.6. The van der Waals surface area contributed by atoms with E-state index in [-0.39, 0.29) is 11.8 Å². The molecule has 0 aliphatic carbocycles. The third-order valence-electron chi connectivity index (χ3n) is 4.55. The van der Waals surface area contributed by atoms with Gasteiger partial charge in [0, 0.05) is 13.1 Å². The Labute approximate surface area is 163 Å². The van der Waals surface area contributed by atoms with Crippen LogP contribution >= 0.6 is 0 Å². The molecule has 2 aromatic rings. The average molecular weight is 384 g/mol. The maximum Gasteiger partial charge on any atom is 0.259 e. The molecule has 2 amide bonds. The number of methoxy groups -OCH3 is 2. The molecule has 4 N–H and O–H groups in total. The van der Waals surface area contributed by atoms with Gasteiger partial charge >= 0.3 is 0 Å². The highest BCUT2D eigenvalue weighted by Gasteiger charge is 2.34. The maximum absolute atomic E-state index is 12.8. The maximum atomic E-state index is 12.8. The summed E-state index contributed by atoms with van der Waals surface area (Å²) in [5.41, 5.74) is 7.14. The Morgan fingerprint density at radius 3 is 2.36 bits per heavy atom. The van der Waals surface area contributed by atoms with Gasteiger partial charge in [0.1, 0.15) is 23.1 Å². The van der Waals surface area contributed by atoms with E-state index in [0.29, 0.717) is 30.2 Å². The number of hydrogen-bond donors (Lipinski definition) is 4. The molecule has 0 spiro atoms. The third kappa shape index (κ3) is 4.41. The van der Waals surface area contributed by atoms with Crippen molar-refractivity contribution in [3.8, 4) is 11.5 Å². The molecule has 0 aromatic heterocycles. The number of nitrogens with one attached hydrogen (secondary N) is 4. The predicted molar refractivity (Wildman–Crippen MR) is 104 cm³/mol. The van der Waals surface area contributed by atoms with Crippen molar-refractivity contribution in [1.82, 2.24) is 21.5 Å². The van der Waals surface area contributed by atoms with Crippen LogP contribution in [0.5, 0.6) is 11.5 Å². The van der Waals surface area contributed by atoms with Crippen molar-refractivity contribution in [3.05, 3.63) is 59.7 Å². The summed E-state index contributed by atoms with van der Waals surface area (Å²) in [7, 11) is 2.98. The monoisotopic (exact) mass is 384 g/mol. The fourth-order valence-electron chi connectivity index (χ4n) is 3.09. The van der Waals surface area contributed by atoms with Crippen LogP contribution in [-0.4, -0.2) is 44.7 Å². The van der Waals surface area contributed by atoms with Gasteiger partial charge in [0.25, 0.3) is 5.91 Å². The van der Waals surface area contributed by atoms with Crippen molar-refractivity contribution in [2.24, 2.45) is 0 Å². The number of hydrogen-bond acceptors (Lipinski definition) is 6. The molecule has 1 aliphatic heterocycles. The molecule has 0 saturated carbocycles. The van der Waals surface area contributed by atoms with Crippen LogP contribution in [0.2, 0.25) is 0 Å². The Morgan fingerprint density at radius 2 is 1.71 bits per heavy atom. The smallest absolute Gasteiger partial charge is 0.259 e. The second kappa shape index (κ2) is 9.20. The highest BCUT2D eigenvalue weighted by atomic mass is 16.5. The van der Waals surface area contributed by atoms with E-state index in [9.17, 15) is 9.59 Å². The minimum atomic E-state index is -0.603. The number of carbonyl (C=O) groups excluding carboxylic acids is 2.